The summed E-state index contributed by atoms with van der Waals surface area (Å²) in [4.78, 5) is 27.0. The van der Waals surface area contributed by atoms with E-state index in [1.165, 1.54) is 19.3 Å². The molecule has 0 radical (unpaired) electrons. The number of rotatable bonds is 6. The van der Waals surface area contributed by atoms with E-state index in [0.717, 1.165) is 16.9 Å². The van der Waals surface area contributed by atoms with E-state index in [4.69, 9.17) is 16.7 Å². The minimum absolute atomic E-state index is 0.126. The third-order valence-corrected chi connectivity index (χ3v) is 4.08. The third-order valence-electron chi connectivity index (χ3n) is 3.72. The highest BCUT2D eigenvalue weighted by Gasteiger charge is 2.18. The lowest BCUT2D eigenvalue weighted by Gasteiger charge is -2.25. The van der Waals surface area contributed by atoms with Gasteiger partial charge in [-0.05, 0) is 19.3 Å². The molecule has 0 amide bonds. The zero-order chi connectivity index (χ0) is 14.7. The molecular weight excluding hydrogens is 282 g/mol. The average Bonchev–Trinajstić information content (AvgIpc) is 2.33. The van der Waals surface area contributed by atoms with Gasteiger partial charge in [0.25, 0.3) is 5.56 Å². The first-order valence-electron chi connectivity index (χ1n) is 6.71. The Hall–Kier alpha value is -1.56. The fourth-order valence-electron chi connectivity index (χ4n) is 2.24. The van der Waals surface area contributed by atoms with Crippen molar-refractivity contribution in [3.8, 4) is 0 Å². The van der Waals surface area contributed by atoms with Gasteiger partial charge in [0.05, 0.1) is 5.69 Å². The van der Waals surface area contributed by atoms with Crippen LogP contribution in [0.5, 0.6) is 0 Å². The van der Waals surface area contributed by atoms with E-state index in [1.54, 1.807) is 6.92 Å². The number of nitrogens with zero attached hydrogens (tertiary/aromatic N) is 2. The number of halogens is 1. The van der Waals surface area contributed by atoms with Crippen LogP contribution in [0.25, 0.3) is 0 Å². The van der Waals surface area contributed by atoms with E-state index in [-0.39, 0.29) is 11.0 Å². The molecule has 0 aliphatic heterocycles. The van der Waals surface area contributed by atoms with Crippen molar-refractivity contribution in [2.75, 3.05) is 11.9 Å². The summed E-state index contributed by atoms with van der Waals surface area (Å²) < 4.78 is 1.13. The lowest BCUT2D eigenvalue weighted by atomic mass is 9.83. The molecule has 1 heterocycles. The highest BCUT2D eigenvalue weighted by Crippen LogP contribution is 2.29. The monoisotopic (exact) mass is 299 g/mol. The van der Waals surface area contributed by atoms with Crippen molar-refractivity contribution in [3.05, 3.63) is 21.2 Å². The summed E-state index contributed by atoms with van der Waals surface area (Å²) in [6, 6.07) is 0. The summed E-state index contributed by atoms with van der Waals surface area (Å²) in [7, 11) is 0. The van der Waals surface area contributed by atoms with E-state index >= 15 is 0 Å². The van der Waals surface area contributed by atoms with Crippen molar-refractivity contribution in [2.45, 2.75) is 39.2 Å². The van der Waals surface area contributed by atoms with Crippen LogP contribution in [0.1, 0.15) is 31.4 Å². The second-order valence-corrected chi connectivity index (χ2v) is 5.49. The predicted molar refractivity (Wildman–Crippen MR) is 76.3 cm³/mol. The molecule has 0 unspecified atom stereocenters. The third kappa shape index (κ3) is 3.30. The fraction of sp³-hybridized carbons (Fsp3) is 0.615. The zero-order valence-electron chi connectivity index (χ0n) is 11.4. The first-order chi connectivity index (χ1) is 9.49. The van der Waals surface area contributed by atoms with Crippen molar-refractivity contribution >= 4 is 23.4 Å². The molecule has 1 aromatic rings. The van der Waals surface area contributed by atoms with Crippen LogP contribution < -0.4 is 10.9 Å². The maximum atomic E-state index is 12.2. The van der Waals surface area contributed by atoms with Gasteiger partial charge in [-0.3, -0.25) is 14.2 Å². The molecule has 1 aromatic heterocycles. The Balaban J connectivity index is 2.13. The van der Waals surface area contributed by atoms with E-state index in [2.05, 4.69) is 10.3 Å². The van der Waals surface area contributed by atoms with Crippen LogP contribution in [0.2, 0.25) is 5.15 Å². The Labute approximate surface area is 121 Å². The summed E-state index contributed by atoms with van der Waals surface area (Å²) in [5.41, 5.74) is -0.0773. The number of nitrogens with one attached hydrogen (secondary N) is 1. The molecule has 0 bridgehead atoms. The summed E-state index contributed by atoms with van der Waals surface area (Å²) in [6.45, 7) is 1.82. The molecule has 0 spiro atoms. The van der Waals surface area contributed by atoms with Crippen LogP contribution in [-0.4, -0.2) is 27.2 Å². The summed E-state index contributed by atoms with van der Waals surface area (Å²) >= 11 is 5.95. The van der Waals surface area contributed by atoms with Gasteiger partial charge in [0.15, 0.2) is 11.0 Å². The molecule has 0 aromatic carbocycles. The number of carboxylic acids is 1. The molecule has 2 rings (SSSR count). The highest BCUT2D eigenvalue weighted by molar-refractivity contribution is 6.30. The summed E-state index contributed by atoms with van der Waals surface area (Å²) in [5.74, 6) is -0.233. The molecule has 20 heavy (non-hydrogen) atoms. The van der Waals surface area contributed by atoms with Gasteiger partial charge in [-0.15, -0.1) is 0 Å². The molecule has 2 N–H and O–H groups in total. The number of carbonyl (C=O) groups is 1. The molecule has 7 heteroatoms. The predicted octanol–water partition coefficient (Wildman–Crippen LogP) is 1.89. The Kier molecular flexibility index (Phi) is 4.65. The lowest BCUT2D eigenvalue weighted by Crippen LogP contribution is -2.30. The topological polar surface area (TPSA) is 84.2 Å². The number of hydrogen-bond acceptors (Lipinski definition) is 4. The van der Waals surface area contributed by atoms with E-state index in [9.17, 15) is 9.59 Å². The molecule has 0 atom stereocenters. The van der Waals surface area contributed by atoms with Crippen LogP contribution in [0, 0.1) is 12.8 Å². The largest absolute Gasteiger partial charge is 0.480 e. The second kappa shape index (κ2) is 6.26. The minimum atomic E-state index is -1.09. The standard InChI is InChI=1S/C13H18ClN3O3/c1-8-11(14)16-12(13(20)17(8)7-10(18)19)15-6-5-9-3-2-4-9/h9H,2-7H2,1H3,(H,15,16)(H,18,19). The van der Waals surface area contributed by atoms with E-state index in [1.807, 2.05) is 0 Å². The van der Waals surface area contributed by atoms with Crippen LogP contribution in [-0.2, 0) is 11.3 Å². The molecule has 1 aliphatic carbocycles. The van der Waals surface area contributed by atoms with Crippen LogP contribution in [0.3, 0.4) is 0 Å². The van der Waals surface area contributed by atoms with Crippen molar-refractivity contribution in [1.29, 1.82) is 0 Å². The van der Waals surface area contributed by atoms with Gasteiger partial charge < -0.3 is 10.4 Å². The molecule has 1 aliphatic rings. The lowest BCUT2D eigenvalue weighted by molar-refractivity contribution is -0.137. The Bertz CT molecular complexity index is 567. The van der Waals surface area contributed by atoms with Crippen LogP contribution in [0.4, 0.5) is 5.82 Å². The van der Waals surface area contributed by atoms with Gasteiger partial charge >= 0.3 is 5.97 Å². The summed E-state index contributed by atoms with van der Waals surface area (Å²) in [6.07, 6.45) is 4.76. The molecule has 110 valence electrons. The zero-order valence-corrected chi connectivity index (χ0v) is 12.1. The smallest absolute Gasteiger partial charge is 0.323 e. The van der Waals surface area contributed by atoms with E-state index < -0.39 is 18.1 Å². The highest BCUT2D eigenvalue weighted by atomic mass is 35.5. The first-order valence-corrected chi connectivity index (χ1v) is 7.09. The van der Waals surface area contributed by atoms with Gasteiger partial charge in [0.2, 0.25) is 0 Å². The van der Waals surface area contributed by atoms with Gasteiger partial charge in [-0.2, -0.15) is 0 Å². The van der Waals surface area contributed by atoms with Gasteiger partial charge in [0, 0.05) is 6.54 Å². The van der Waals surface area contributed by atoms with Gasteiger partial charge in [-0.25, -0.2) is 4.98 Å². The van der Waals surface area contributed by atoms with Crippen molar-refractivity contribution < 1.29 is 9.90 Å². The Morgan fingerprint density at radius 3 is 2.80 bits per heavy atom. The van der Waals surface area contributed by atoms with Crippen molar-refractivity contribution in [1.82, 2.24) is 9.55 Å². The van der Waals surface area contributed by atoms with Gasteiger partial charge in [-0.1, -0.05) is 30.9 Å². The normalized spacial score (nSPS) is 14.9. The Morgan fingerprint density at radius 2 is 2.25 bits per heavy atom. The SMILES string of the molecule is Cc1c(Cl)nc(NCCC2CCC2)c(=O)n1CC(=O)O. The number of anilines is 1. The van der Waals surface area contributed by atoms with E-state index in [0.29, 0.717) is 12.2 Å². The molecule has 6 nitrogen and oxygen atoms in total. The van der Waals surface area contributed by atoms with Crippen molar-refractivity contribution in [3.63, 3.8) is 0 Å². The summed E-state index contributed by atoms with van der Waals surface area (Å²) in [5, 5.41) is 12.0. The molecule has 0 saturated heterocycles. The number of aromatic nitrogens is 2. The maximum Gasteiger partial charge on any atom is 0.323 e. The van der Waals surface area contributed by atoms with Gasteiger partial charge in [0.1, 0.15) is 6.54 Å². The van der Waals surface area contributed by atoms with Crippen LogP contribution in [0.15, 0.2) is 4.79 Å². The Morgan fingerprint density at radius 1 is 1.55 bits per heavy atom. The van der Waals surface area contributed by atoms with Crippen molar-refractivity contribution in [2.24, 2.45) is 5.92 Å². The maximum absolute atomic E-state index is 12.2. The second-order valence-electron chi connectivity index (χ2n) is 5.13. The number of aliphatic carboxylic acids is 1. The minimum Gasteiger partial charge on any atom is -0.480 e. The number of carboxylic acid groups (broad SMARTS) is 1. The molecule has 1 fully saturated rings. The number of hydrogen-bond donors (Lipinski definition) is 2. The molecular formula is C13H18ClN3O3. The quantitative estimate of drug-likeness (QED) is 0.838. The molecule has 1 saturated carbocycles. The first kappa shape index (κ1) is 14.8. The fourth-order valence-corrected chi connectivity index (χ4v) is 2.42. The average molecular weight is 300 g/mol. The van der Waals surface area contributed by atoms with Crippen LogP contribution >= 0.6 is 11.6 Å².